The lowest BCUT2D eigenvalue weighted by molar-refractivity contribution is -0.117. The van der Waals surface area contributed by atoms with Crippen LogP contribution < -0.4 is 16.4 Å². The normalized spacial score (nSPS) is 14.8. The Morgan fingerprint density at radius 3 is 2.68 bits per heavy atom. The summed E-state index contributed by atoms with van der Waals surface area (Å²) < 4.78 is 0. The third kappa shape index (κ3) is 2.63. The molecule has 1 aromatic rings. The van der Waals surface area contributed by atoms with Crippen LogP contribution in [0.1, 0.15) is 40.5 Å². The third-order valence-electron chi connectivity index (χ3n) is 2.94. The molecule has 1 atom stereocenters. The van der Waals surface area contributed by atoms with Crippen molar-refractivity contribution in [2.24, 2.45) is 5.73 Å². The lowest BCUT2D eigenvalue weighted by Gasteiger charge is -2.11. The van der Waals surface area contributed by atoms with E-state index in [1.807, 2.05) is 6.92 Å². The highest BCUT2D eigenvalue weighted by Crippen LogP contribution is 2.20. The van der Waals surface area contributed by atoms with E-state index >= 15 is 0 Å². The van der Waals surface area contributed by atoms with Gasteiger partial charge in [-0.1, -0.05) is 13.3 Å². The molecule has 0 spiro atoms. The highest BCUT2D eigenvalue weighted by molar-refractivity contribution is 6.22. The fourth-order valence-electron chi connectivity index (χ4n) is 1.92. The van der Waals surface area contributed by atoms with Gasteiger partial charge in [0.25, 0.3) is 11.8 Å². The van der Waals surface area contributed by atoms with Crippen LogP contribution in [0, 0.1) is 0 Å². The van der Waals surface area contributed by atoms with Crippen molar-refractivity contribution in [3.05, 3.63) is 29.3 Å². The molecule has 0 aliphatic carbocycles. The van der Waals surface area contributed by atoms with Crippen LogP contribution in [-0.2, 0) is 4.79 Å². The Balaban J connectivity index is 2.15. The van der Waals surface area contributed by atoms with Gasteiger partial charge in [0.2, 0.25) is 5.91 Å². The first kappa shape index (κ1) is 13.2. The molecule has 1 heterocycles. The van der Waals surface area contributed by atoms with Gasteiger partial charge in [-0.3, -0.25) is 19.7 Å². The van der Waals surface area contributed by atoms with E-state index in [1.54, 1.807) is 6.07 Å². The van der Waals surface area contributed by atoms with Gasteiger partial charge in [-0.25, -0.2) is 0 Å². The first-order chi connectivity index (χ1) is 9.02. The lowest BCUT2D eigenvalue weighted by atomic mass is 10.1. The minimum atomic E-state index is -0.575. The summed E-state index contributed by atoms with van der Waals surface area (Å²) in [4.78, 5) is 34.6. The molecule has 0 aromatic heterocycles. The molecule has 1 aromatic carbocycles. The Kier molecular flexibility index (Phi) is 3.62. The Labute approximate surface area is 110 Å². The van der Waals surface area contributed by atoms with Crippen molar-refractivity contribution >= 4 is 23.4 Å². The van der Waals surface area contributed by atoms with Gasteiger partial charge in [0, 0.05) is 5.69 Å². The molecular weight excluding hydrogens is 246 g/mol. The summed E-state index contributed by atoms with van der Waals surface area (Å²) in [5.74, 6) is -1.17. The first-order valence-electron chi connectivity index (χ1n) is 6.09. The summed E-state index contributed by atoms with van der Waals surface area (Å²) >= 11 is 0. The van der Waals surface area contributed by atoms with E-state index in [0.29, 0.717) is 17.7 Å². The summed E-state index contributed by atoms with van der Waals surface area (Å²) in [5.41, 5.74) is 6.74. The van der Waals surface area contributed by atoms with Gasteiger partial charge < -0.3 is 11.1 Å². The van der Waals surface area contributed by atoms with Crippen LogP contribution >= 0.6 is 0 Å². The van der Waals surface area contributed by atoms with Gasteiger partial charge in [0.1, 0.15) is 0 Å². The highest BCUT2D eigenvalue weighted by Gasteiger charge is 2.27. The van der Waals surface area contributed by atoms with Gasteiger partial charge in [-0.05, 0) is 24.6 Å². The molecule has 0 saturated heterocycles. The van der Waals surface area contributed by atoms with E-state index in [2.05, 4.69) is 10.6 Å². The number of fused-ring (bicyclic) bond motifs is 1. The maximum absolute atomic E-state index is 11.7. The molecule has 0 radical (unpaired) electrons. The average Bonchev–Trinajstić information content (AvgIpc) is 2.65. The van der Waals surface area contributed by atoms with Crippen molar-refractivity contribution in [1.82, 2.24) is 5.32 Å². The molecule has 0 fully saturated rings. The number of amides is 3. The van der Waals surface area contributed by atoms with Crippen molar-refractivity contribution in [2.45, 2.75) is 25.8 Å². The molecule has 2 rings (SSSR count). The van der Waals surface area contributed by atoms with Crippen molar-refractivity contribution < 1.29 is 14.4 Å². The van der Waals surface area contributed by atoms with Crippen molar-refractivity contribution in [3.63, 3.8) is 0 Å². The number of anilines is 1. The van der Waals surface area contributed by atoms with E-state index < -0.39 is 17.9 Å². The summed E-state index contributed by atoms with van der Waals surface area (Å²) in [5, 5.41) is 4.83. The second-order valence-corrected chi connectivity index (χ2v) is 4.43. The molecule has 6 nitrogen and oxygen atoms in total. The molecule has 3 amide bonds. The molecule has 0 saturated carbocycles. The Hall–Kier alpha value is -2.21. The summed E-state index contributed by atoms with van der Waals surface area (Å²) in [7, 11) is 0. The van der Waals surface area contributed by atoms with Crippen LogP contribution in [0.3, 0.4) is 0 Å². The third-order valence-corrected chi connectivity index (χ3v) is 2.94. The number of hydrogen-bond acceptors (Lipinski definition) is 4. The summed E-state index contributed by atoms with van der Waals surface area (Å²) in [6.07, 6.45) is 1.41. The first-order valence-corrected chi connectivity index (χ1v) is 6.09. The topological polar surface area (TPSA) is 101 Å². The molecule has 1 aliphatic rings. The van der Waals surface area contributed by atoms with Gasteiger partial charge in [0.15, 0.2) is 0 Å². The van der Waals surface area contributed by atoms with Gasteiger partial charge in [0.05, 0.1) is 17.2 Å². The van der Waals surface area contributed by atoms with Gasteiger partial charge >= 0.3 is 0 Å². The Bertz CT molecular complexity index is 554. The van der Waals surface area contributed by atoms with Crippen LogP contribution in [0.4, 0.5) is 5.69 Å². The number of carbonyl (C=O) groups excluding carboxylic acids is 3. The van der Waals surface area contributed by atoms with Crippen LogP contribution in [0.15, 0.2) is 18.2 Å². The van der Waals surface area contributed by atoms with Crippen molar-refractivity contribution in [1.29, 1.82) is 0 Å². The van der Waals surface area contributed by atoms with E-state index in [-0.39, 0.29) is 11.5 Å². The summed E-state index contributed by atoms with van der Waals surface area (Å²) in [6, 6.07) is 3.99. The van der Waals surface area contributed by atoms with E-state index in [9.17, 15) is 14.4 Å². The van der Waals surface area contributed by atoms with E-state index in [4.69, 9.17) is 5.73 Å². The standard InChI is InChI=1S/C13H15N3O3/c1-2-3-10(14)13(19)15-7-4-5-8-9(6-7)12(18)16-11(8)17/h4-6,10H,2-3,14H2,1H3,(H,15,19)(H,16,17,18)/t10-/m0/s1. The van der Waals surface area contributed by atoms with E-state index in [0.717, 1.165) is 6.42 Å². The predicted octanol–water partition coefficient (Wildman–Crippen LogP) is 0.636. The zero-order valence-corrected chi connectivity index (χ0v) is 10.5. The number of nitrogens with two attached hydrogens (primary N) is 1. The molecule has 0 bridgehead atoms. The van der Waals surface area contributed by atoms with Crippen molar-refractivity contribution in [2.75, 3.05) is 5.32 Å². The van der Waals surface area contributed by atoms with Crippen LogP contribution in [-0.4, -0.2) is 23.8 Å². The lowest BCUT2D eigenvalue weighted by Crippen LogP contribution is -2.35. The fraction of sp³-hybridized carbons (Fsp3) is 0.308. The number of imide groups is 1. The number of hydrogen-bond donors (Lipinski definition) is 3. The number of rotatable bonds is 4. The Morgan fingerprint density at radius 1 is 1.32 bits per heavy atom. The predicted molar refractivity (Wildman–Crippen MR) is 69.8 cm³/mol. The molecule has 0 unspecified atom stereocenters. The minimum absolute atomic E-state index is 0.270. The zero-order chi connectivity index (χ0) is 14.0. The Morgan fingerprint density at radius 2 is 2.00 bits per heavy atom. The molecule has 4 N–H and O–H groups in total. The minimum Gasteiger partial charge on any atom is -0.325 e. The monoisotopic (exact) mass is 261 g/mol. The molecule has 1 aliphatic heterocycles. The quantitative estimate of drug-likeness (QED) is 0.692. The van der Waals surface area contributed by atoms with Crippen molar-refractivity contribution in [3.8, 4) is 0 Å². The maximum atomic E-state index is 11.7. The number of nitrogens with one attached hydrogen (secondary N) is 2. The molecular formula is C13H15N3O3. The molecule has 100 valence electrons. The van der Waals surface area contributed by atoms with Crippen LogP contribution in [0.25, 0.3) is 0 Å². The SMILES string of the molecule is CCC[C@H](N)C(=O)Nc1ccc2c(c1)C(=O)NC2=O. The second-order valence-electron chi connectivity index (χ2n) is 4.43. The van der Waals surface area contributed by atoms with Crippen LogP contribution in [0.5, 0.6) is 0 Å². The smallest absolute Gasteiger partial charge is 0.259 e. The fourth-order valence-corrected chi connectivity index (χ4v) is 1.92. The van der Waals surface area contributed by atoms with E-state index in [1.165, 1.54) is 12.1 Å². The number of carbonyl (C=O) groups is 3. The van der Waals surface area contributed by atoms with Crippen LogP contribution in [0.2, 0.25) is 0 Å². The van der Waals surface area contributed by atoms with Gasteiger partial charge in [-0.15, -0.1) is 0 Å². The van der Waals surface area contributed by atoms with Gasteiger partial charge in [-0.2, -0.15) is 0 Å². The molecule has 19 heavy (non-hydrogen) atoms. The second kappa shape index (κ2) is 5.19. The average molecular weight is 261 g/mol. The molecule has 6 heteroatoms. The maximum Gasteiger partial charge on any atom is 0.259 e. The number of benzene rings is 1. The highest BCUT2D eigenvalue weighted by atomic mass is 16.2. The largest absolute Gasteiger partial charge is 0.325 e. The zero-order valence-electron chi connectivity index (χ0n) is 10.5. The summed E-state index contributed by atoms with van der Waals surface area (Å²) in [6.45, 7) is 1.94.